The molecule has 0 aromatic carbocycles. The summed E-state index contributed by atoms with van der Waals surface area (Å²) in [6.07, 6.45) is 3.30. The minimum absolute atomic E-state index is 0. The molecule has 2 heterocycles. The first-order chi connectivity index (χ1) is 6.79. The van der Waals surface area contributed by atoms with Gasteiger partial charge < -0.3 is 0 Å². The molecule has 0 spiro atoms. The first kappa shape index (κ1) is 12.6. The third-order valence-electron chi connectivity index (χ3n) is 1.75. The molecule has 15 heavy (non-hydrogen) atoms. The maximum Gasteiger partial charge on any atom is 2.00 e. The van der Waals surface area contributed by atoms with Crippen molar-refractivity contribution in [2.75, 3.05) is 0 Å². The number of pyridine rings is 2. The molecular weight excluding hydrogens is 320 g/mol. The predicted octanol–water partition coefficient (Wildman–Crippen LogP) is 3.45. The van der Waals surface area contributed by atoms with Gasteiger partial charge in [0.15, 0.2) is 0 Å². The molecule has 0 aliphatic rings. The van der Waals surface area contributed by atoms with Gasteiger partial charge in [0.2, 0.25) is 0 Å². The van der Waals surface area contributed by atoms with E-state index >= 15 is 0 Å². The fraction of sp³-hybridized carbons (Fsp3) is 0. The maximum atomic E-state index is 5.99. The molecule has 0 bridgehead atoms. The van der Waals surface area contributed by atoms with Crippen LogP contribution in [0.2, 0.25) is 10.0 Å². The molecule has 0 atom stereocenters. The molecule has 2 aromatic rings. The van der Waals surface area contributed by atoms with Crippen LogP contribution < -0.4 is 0 Å². The molecule has 0 saturated heterocycles. The summed E-state index contributed by atoms with van der Waals surface area (Å²) >= 11 is 11.9. The summed E-state index contributed by atoms with van der Waals surface area (Å²) < 4.78 is 0. The van der Waals surface area contributed by atoms with Gasteiger partial charge in [0.05, 0.1) is 15.7 Å². The van der Waals surface area contributed by atoms with Crippen LogP contribution in [0.5, 0.6) is 0 Å². The molecule has 0 aliphatic heterocycles. The Bertz CT molecular complexity index is 448. The van der Waals surface area contributed by atoms with Crippen LogP contribution in [-0.4, -0.2) is 9.97 Å². The molecule has 0 aliphatic carbocycles. The summed E-state index contributed by atoms with van der Waals surface area (Å²) in [6, 6.07) is 7.20. The summed E-state index contributed by atoms with van der Waals surface area (Å²) in [5.41, 5.74) is 1.33. The fourth-order valence-electron chi connectivity index (χ4n) is 1.10. The fourth-order valence-corrected chi connectivity index (χ4v) is 1.46. The summed E-state index contributed by atoms with van der Waals surface area (Å²) in [5.74, 6) is 0. The molecule has 0 radical (unpaired) electrons. The summed E-state index contributed by atoms with van der Waals surface area (Å²) in [6.45, 7) is 0. The Hall–Kier alpha value is -0.497. The van der Waals surface area contributed by atoms with Crippen molar-refractivity contribution in [1.29, 1.82) is 0 Å². The van der Waals surface area contributed by atoms with Crippen LogP contribution in [0.4, 0.5) is 0 Å². The smallest absolute Gasteiger partial charge is 0.255 e. The van der Waals surface area contributed by atoms with Crippen LogP contribution in [0, 0.1) is 0 Å². The Kier molecular flexibility index (Phi) is 4.65. The summed E-state index contributed by atoms with van der Waals surface area (Å²) in [4.78, 5) is 8.28. The second kappa shape index (κ2) is 5.55. The molecular formula is C10H6Cl2N2Ru+2. The van der Waals surface area contributed by atoms with E-state index in [9.17, 15) is 0 Å². The average Bonchev–Trinajstić information content (AvgIpc) is 2.23. The van der Waals surface area contributed by atoms with E-state index in [0.29, 0.717) is 15.7 Å². The standard InChI is InChI=1S/C10H6Cl2N2.Ru/c11-7-4-6-14-10(9(7)12)8-3-1-2-5-13-8;/h1-6H;/q;+2. The minimum atomic E-state index is 0. The number of nitrogens with zero attached hydrogens (tertiary/aromatic N) is 2. The van der Waals surface area contributed by atoms with Gasteiger partial charge in [-0.05, 0) is 18.2 Å². The van der Waals surface area contributed by atoms with Gasteiger partial charge in [0, 0.05) is 12.4 Å². The second-order valence-corrected chi connectivity index (χ2v) is 3.46. The number of hydrogen-bond donors (Lipinski definition) is 0. The van der Waals surface area contributed by atoms with Gasteiger partial charge in [-0.15, -0.1) is 0 Å². The molecule has 2 rings (SSSR count). The molecule has 5 heteroatoms. The number of aromatic nitrogens is 2. The Morgan fingerprint density at radius 1 is 0.933 bits per heavy atom. The summed E-state index contributed by atoms with van der Waals surface area (Å²) in [5, 5.41) is 0.926. The maximum absolute atomic E-state index is 5.99. The quantitative estimate of drug-likeness (QED) is 0.750. The van der Waals surface area contributed by atoms with E-state index in [4.69, 9.17) is 23.2 Å². The molecule has 2 aromatic heterocycles. The van der Waals surface area contributed by atoms with Gasteiger partial charge in [-0.25, -0.2) is 0 Å². The van der Waals surface area contributed by atoms with E-state index in [2.05, 4.69) is 9.97 Å². The van der Waals surface area contributed by atoms with Gasteiger partial charge in [-0.2, -0.15) is 0 Å². The van der Waals surface area contributed by atoms with Gasteiger partial charge in [0.25, 0.3) is 0 Å². The van der Waals surface area contributed by atoms with Crippen LogP contribution in [0.25, 0.3) is 11.4 Å². The van der Waals surface area contributed by atoms with Crippen molar-refractivity contribution in [2.45, 2.75) is 0 Å². The van der Waals surface area contributed by atoms with Crippen molar-refractivity contribution in [3.05, 3.63) is 46.7 Å². The van der Waals surface area contributed by atoms with Crippen molar-refractivity contribution >= 4 is 23.2 Å². The van der Waals surface area contributed by atoms with Crippen molar-refractivity contribution in [1.82, 2.24) is 9.97 Å². The van der Waals surface area contributed by atoms with Gasteiger partial charge >= 0.3 is 19.5 Å². The van der Waals surface area contributed by atoms with Crippen LogP contribution in [-0.2, 0) is 19.5 Å². The molecule has 0 N–H and O–H groups in total. The van der Waals surface area contributed by atoms with E-state index in [1.165, 1.54) is 0 Å². The van der Waals surface area contributed by atoms with E-state index in [0.717, 1.165) is 5.69 Å². The van der Waals surface area contributed by atoms with E-state index in [1.54, 1.807) is 18.5 Å². The van der Waals surface area contributed by atoms with E-state index in [1.807, 2.05) is 18.2 Å². The Labute approximate surface area is 110 Å². The zero-order valence-corrected chi connectivity index (χ0v) is 10.7. The van der Waals surface area contributed by atoms with Crippen LogP contribution in [0.1, 0.15) is 0 Å². The zero-order valence-electron chi connectivity index (χ0n) is 7.47. The molecule has 0 unspecified atom stereocenters. The van der Waals surface area contributed by atoms with Crippen LogP contribution in [0.3, 0.4) is 0 Å². The average molecular weight is 326 g/mol. The number of hydrogen-bond acceptors (Lipinski definition) is 2. The SMILES string of the molecule is Clc1ccnc(-c2ccccn2)c1Cl.[Ru+2]. The topological polar surface area (TPSA) is 25.8 Å². The van der Waals surface area contributed by atoms with Crippen LogP contribution in [0.15, 0.2) is 36.7 Å². The number of halogens is 2. The second-order valence-electron chi connectivity index (χ2n) is 2.67. The Morgan fingerprint density at radius 2 is 1.73 bits per heavy atom. The molecule has 0 saturated carbocycles. The molecule has 2 nitrogen and oxygen atoms in total. The van der Waals surface area contributed by atoms with Crippen molar-refractivity contribution in [3.8, 4) is 11.4 Å². The van der Waals surface area contributed by atoms with E-state index < -0.39 is 0 Å². The number of rotatable bonds is 1. The Morgan fingerprint density at radius 3 is 2.40 bits per heavy atom. The molecule has 76 valence electrons. The normalized spacial score (nSPS) is 9.47. The van der Waals surface area contributed by atoms with E-state index in [-0.39, 0.29) is 19.5 Å². The first-order valence-corrected chi connectivity index (χ1v) is 4.76. The molecule has 0 fully saturated rings. The van der Waals surface area contributed by atoms with Gasteiger partial charge in [0.1, 0.15) is 5.69 Å². The Balaban J connectivity index is 0.00000112. The van der Waals surface area contributed by atoms with Crippen molar-refractivity contribution in [3.63, 3.8) is 0 Å². The van der Waals surface area contributed by atoms with Gasteiger partial charge in [-0.3, -0.25) is 9.97 Å². The molecule has 0 amide bonds. The van der Waals surface area contributed by atoms with Gasteiger partial charge in [-0.1, -0.05) is 29.3 Å². The summed E-state index contributed by atoms with van der Waals surface area (Å²) in [7, 11) is 0. The third kappa shape index (κ3) is 2.75. The third-order valence-corrected chi connectivity index (χ3v) is 2.54. The zero-order chi connectivity index (χ0) is 9.97. The predicted molar refractivity (Wildman–Crippen MR) is 57.5 cm³/mol. The monoisotopic (exact) mass is 326 g/mol. The van der Waals surface area contributed by atoms with Crippen LogP contribution >= 0.6 is 23.2 Å². The van der Waals surface area contributed by atoms with Crippen molar-refractivity contribution < 1.29 is 19.5 Å². The first-order valence-electron chi connectivity index (χ1n) is 4.00. The minimum Gasteiger partial charge on any atom is -0.255 e. The largest absolute Gasteiger partial charge is 2.00 e. The van der Waals surface area contributed by atoms with Crippen molar-refractivity contribution in [2.24, 2.45) is 0 Å².